The van der Waals surface area contributed by atoms with Crippen molar-refractivity contribution in [1.29, 1.82) is 0 Å². The molecule has 0 aliphatic carbocycles. The van der Waals surface area contributed by atoms with E-state index in [0.717, 1.165) is 42.9 Å². The molecule has 6 nitrogen and oxygen atoms in total. The molecule has 0 spiro atoms. The van der Waals surface area contributed by atoms with Crippen molar-refractivity contribution in [3.05, 3.63) is 17.1 Å². The summed E-state index contributed by atoms with van der Waals surface area (Å²) in [4.78, 5) is 18.1. The number of hydrogen-bond donors (Lipinski definition) is 1. The van der Waals surface area contributed by atoms with Gasteiger partial charge >= 0.3 is 0 Å². The molecule has 1 saturated heterocycles. The van der Waals surface area contributed by atoms with Gasteiger partial charge in [-0.25, -0.2) is 0 Å². The molecule has 7 heteroatoms. The fourth-order valence-electron chi connectivity index (χ4n) is 2.44. The maximum atomic E-state index is 12.6. The summed E-state index contributed by atoms with van der Waals surface area (Å²) in [5, 5.41) is 8.68. The number of nitrogens with zero attached hydrogens (tertiary/aromatic N) is 4. The lowest BCUT2D eigenvalue weighted by Gasteiger charge is -2.33. The van der Waals surface area contributed by atoms with E-state index in [9.17, 15) is 4.79 Å². The van der Waals surface area contributed by atoms with Crippen LogP contribution in [0.1, 0.15) is 16.6 Å². The van der Waals surface area contributed by atoms with Gasteiger partial charge in [0.15, 0.2) is 0 Å². The van der Waals surface area contributed by atoms with E-state index < -0.39 is 0 Å². The normalized spacial score (nSPS) is 16.8. The number of aromatic nitrogens is 2. The van der Waals surface area contributed by atoms with Gasteiger partial charge in [0.05, 0.1) is 11.9 Å². The summed E-state index contributed by atoms with van der Waals surface area (Å²) >= 11 is 1.33. The molecule has 0 bridgehead atoms. The largest absolute Gasteiger partial charge is 0.397 e. The molecule has 0 aromatic carbocycles. The molecule has 2 aromatic heterocycles. The summed E-state index contributed by atoms with van der Waals surface area (Å²) in [5.41, 5.74) is 6.62. The van der Waals surface area contributed by atoms with Gasteiger partial charge in [-0.3, -0.25) is 4.79 Å². The minimum Gasteiger partial charge on any atom is -0.397 e. The molecule has 1 fully saturated rings. The van der Waals surface area contributed by atoms with Gasteiger partial charge in [0.2, 0.25) is 0 Å². The lowest BCUT2D eigenvalue weighted by atomic mass is 10.2. The lowest BCUT2D eigenvalue weighted by Crippen LogP contribution is -2.48. The van der Waals surface area contributed by atoms with Gasteiger partial charge in [0.25, 0.3) is 5.91 Å². The Morgan fingerprint density at radius 1 is 1.40 bits per heavy atom. The third-order valence-electron chi connectivity index (χ3n) is 3.72. The molecule has 1 aliphatic heterocycles. The lowest BCUT2D eigenvalue weighted by molar-refractivity contribution is 0.0649. The molecule has 2 aromatic rings. The van der Waals surface area contributed by atoms with E-state index in [2.05, 4.69) is 22.0 Å². The van der Waals surface area contributed by atoms with Crippen LogP contribution in [0.5, 0.6) is 0 Å². The zero-order valence-electron chi connectivity index (χ0n) is 11.4. The second-order valence-electron chi connectivity index (χ2n) is 4.82. The first-order valence-electron chi connectivity index (χ1n) is 6.72. The predicted octanol–water partition coefficient (Wildman–Crippen LogP) is 1.05. The molecule has 0 atom stereocenters. The fourth-order valence-corrected chi connectivity index (χ4v) is 3.45. The Morgan fingerprint density at radius 3 is 2.80 bits per heavy atom. The SMILES string of the molecule is CCN1CCN(C(=O)c2sc3nnccc3c2N)CC1. The highest BCUT2D eigenvalue weighted by atomic mass is 32.1. The second-order valence-corrected chi connectivity index (χ2v) is 5.82. The van der Waals surface area contributed by atoms with Crippen molar-refractivity contribution in [2.75, 3.05) is 38.5 Å². The zero-order chi connectivity index (χ0) is 14.1. The molecule has 3 heterocycles. The smallest absolute Gasteiger partial charge is 0.266 e. The molecule has 2 N–H and O–H groups in total. The Morgan fingerprint density at radius 2 is 2.15 bits per heavy atom. The Hall–Kier alpha value is -1.73. The van der Waals surface area contributed by atoms with Crippen molar-refractivity contribution in [1.82, 2.24) is 20.0 Å². The monoisotopic (exact) mass is 291 g/mol. The van der Waals surface area contributed by atoms with Gasteiger partial charge in [0, 0.05) is 31.6 Å². The molecule has 0 unspecified atom stereocenters. The molecular formula is C13H17N5OS. The molecule has 106 valence electrons. The van der Waals surface area contributed by atoms with Crippen LogP contribution >= 0.6 is 11.3 Å². The summed E-state index contributed by atoms with van der Waals surface area (Å²) in [7, 11) is 0. The minimum atomic E-state index is 0.0150. The predicted molar refractivity (Wildman–Crippen MR) is 79.8 cm³/mol. The Labute approximate surface area is 121 Å². The number of nitrogen functional groups attached to an aromatic ring is 1. The van der Waals surface area contributed by atoms with Gasteiger partial charge < -0.3 is 15.5 Å². The Balaban J connectivity index is 1.84. The number of fused-ring (bicyclic) bond motifs is 1. The number of carbonyl (C=O) groups is 1. The number of likely N-dealkylation sites (N-methyl/N-ethyl adjacent to an activating group) is 1. The average Bonchev–Trinajstić information content (AvgIpc) is 2.84. The van der Waals surface area contributed by atoms with Crippen molar-refractivity contribution in [2.45, 2.75) is 6.92 Å². The summed E-state index contributed by atoms with van der Waals surface area (Å²) in [6.45, 7) is 6.53. The maximum absolute atomic E-state index is 12.6. The van der Waals surface area contributed by atoms with Crippen LogP contribution in [-0.2, 0) is 0 Å². The topological polar surface area (TPSA) is 75.3 Å². The van der Waals surface area contributed by atoms with Crippen LogP contribution in [0.15, 0.2) is 12.3 Å². The summed E-state index contributed by atoms with van der Waals surface area (Å²) < 4.78 is 0. The number of rotatable bonds is 2. The first-order valence-corrected chi connectivity index (χ1v) is 7.53. The van der Waals surface area contributed by atoms with Gasteiger partial charge in [0.1, 0.15) is 9.71 Å². The number of thiophene rings is 1. The van der Waals surface area contributed by atoms with E-state index in [1.165, 1.54) is 11.3 Å². The number of piperazine rings is 1. The van der Waals surface area contributed by atoms with Crippen molar-refractivity contribution in [3.63, 3.8) is 0 Å². The van der Waals surface area contributed by atoms with Crippen LogP contribution in [0.3, 0.4) is 0 Å². The highest BCUT2D eigenvalue weighted by Crippen LogP contribution is 2.32. The first kappa shape index (κ1) is 13.3. The van der Waals surface area contributed by atoms with E-state index in [1.807, 2.05) is 4.90 Å². The van der Waals surface area contributed by atoms with Crippen LogP contribution in [-0.4, -0.2) is 58.6 Å². The molecule has 1 amide bonds. The van der Waals surface area contributed by atoms with Crippen LogP contribution in [0, 0.1) is 0 Å². The third-order valence-corrected chi connectivity index (χ3v) is 4.81. The quantitative estimate of drug-likeness (QED) is 0.895. The zero-order valence-corrected chi connectivity index (χ0v) is 12.2. The Bertz CT molecular complexity index is 633. The van der Waals surface area contributed by atoms with Crippen molar-refractivity contribution in [3.8, 4) is 0 Å². The van der Waals surface area contributed by atoms with E-state index in [0.29, 0.717) is 10.6 Å². The molecule has 20 heavy (non-hydrogen) atoms. The number of hydrogen-bond acceptors (Lipinski definition) is 6. The van der Waals surface area contributed by atoms with E-state index in [-0.39, 0.29) is 5.91 Å². The van der Waals surface area contributed by atoms with Crippen molar-refractivity contribution >= 4 is 33.1 Å². The van der Waals surface area contributed by atoms with Crippen LogP contribution < -0.4 is 5.73 Å². The molecule has 3 rings (SSSR count). The number of carbonyl (C=O) groups excluding carboxylic acids is 1. The average molecular weight is 291 g/mol. The van der Waals surface area contributed by atoms with Crippen LogP contribution in [0.2, 0.25) is 0 Å². The van der Waals surface area contributed by atoms with Gasteiger partial charge in [-0.2, -0.15) is 5.10 Å². The van der Waals surface area contributed by atoms with Gasteiger partial charge in [-0.15, -0.1) is 16.4 Å². The standard InChI is InChI=1S/C13H17N5OS/c1-2-17-5-7-18(8-6-17)13(19)11-10(14)9-3-4-15-16-12(9)20-11/h3-4H,2,5-8,14H2,1H3. The van der Waals surface area contributed by atoms with Crippen molar-refractivity contribution < 1.29 is 4.79 Å². The Kier molecular flexibility index (Phi) is 3.54. The van der Waals surface area contributed by atoms with E-state index in [4.69, 9.17) is 5.73 Å². The molecular weight excluding hydrogens is 274 g/mol. The minimum absolute atomic E-state index is 0.0150. The summed E-state index contributed by atoms with van der Waals surface area (Å²) in [5.74, 6) is 0.0150. The number of amides is 1. The third kappa shape index (κ3) is 2.23. The van der Waals surface area contributed by atoms with E-state index >= 15 is 0 Å². The highest BCUT2D eigenvalue weighted by molar-refractivity contribution is 7.21. The number of anilines is 1. The first-order chi connectivity index (χ1) is 9.70. The number of nitrogens with two attached hydrogens (primary N) is 1. The van der Waals surface area contributed by atoms with Crippen LogP contribution in [0.25, 0.3) is 10.2 Å². The fraction of sp³-hybridized carbons (Fsp3) is 0.462. The molecule has 1 aliphatic rings. The van der Waals surface area contributed by atoms with Gasteiger partial charge in [-0.1, -0.05) is 6.92 Å². The molecule has 0 saturated carbocycles. The summed E-state index contributed by atoms with van der Waals surface area (Å²) in [6.07, 6.45) is 1.60. The molecule has 0 radical (unpaired) electrons. The van der Waals surface area contributed by atoms with Crippen molar-refractivity contribution in [2.24, 2.45) is 0 Å². The van der Waals surface area contributed by atoms with Gasteiger partial charge in [-0.05, 0) is 12.6 Å². The highest BCUT2D eigenvalue weighted by Gasteiger charge is 2.25. The summed E-state index contributed by atoms with van der Waals surface area (Å²) in [6, 6.07) is 1.81. The van der Waals surface area contributed by atoms with E-state index in [1.54, 1.807) is 12.3 Å². The second kappa shape index (κ2) is 5.34. The van der Waals surface area contributed by atoms with Crippen LogP contribution in [0.4, 0.5) is 5.69 Å². The maximum Gasteiger partial charge on any atom is 0.266 e.